The van der Waals surface area contributed by atoms with Gasteiger partial charge in [0.25, 0.3) is 5.56 Å². The van der Waals surface area contributed by atoms with E-state index in [4.69, 9.17) is 9.47 Å². The van der Waals surface area contributed by atoms with E-state index >= 15 is 0 Å². The molecule has 0 bridgehead atoms. The second kappa shape index (κ2) is 8.34. The molecule has 5 rings (SSSR count). The number of hydrogen-bond acceptors (Lipinski definition) is 7. The van der Waals surface area contributed by atoms with Crippen LogP contribution in [0.15, 0.2) is 23.0 Å². The first kappa shape index (κ1) is 22.2. The Kier molecular flexibility index (Phi) is 5.45. The zero-order valence-electron chi connectivity index (χ0n) is 20.1. The fourth-order valence-corrected chi connectivity index (χ4v) is 4.43. The lowest BCUT2D eigenvalue weighted by molar-refractivity contribution is 0.0240. The number of benzene rings is 1. The Labute approximate surface area is 197 Å². The van der Waals surface area contributed by atoms with Crippen LogP contribution in [0.4, 0.5) is 10.5 Å². The van der Waals surface area contributed by atoms with Crippen LogP contribution >= 0.6 is 0 Å². The molecule has 1 amide bonds. The van der Waals surface area contributed by atoms with Crippen LogP contribution in [-0.4, -0.2) is 69.0 Å². The van der Waals surface area contributed by atoms with Crippen molar-refractivity contribution in [3.8, 4) is 17.1 Å². The summed E-state index contributed by atoms with van der Waals surface area (Å²) in [7, 11) is 0. The van der Waals surface area contributed by atoms with Gasteiger partial charge >= 0.3 is 6.09 Å². The molecule has 0 unspecified atom stereocenters. The van der Waals surface area contributed by atoms with E-state index in [9.17, 15) is 9.59 Å². The number of aryl methyl sites for hydroxylation is 1. The molecule has 2 aromatic heterocycles. The molecule has 3 aromatic rings. The minimum Gasteiger partial charge on any atom is -0.493 e. The minimum atomic E-state index is -0.539. The second-order valence-corrected chi connectivity index (χ2v) is 9.66. The molecule has 0 spiro atoms. The number of fused-ring (bicyclic) bond motifs is 2. The summed E-state index contributed by atoms with van der Waals surface area (Å²) in [5.74, 6) is 1.81. The number of carbonyl (C=O) groups excluding carboxylic acids is 1. The van der Waals surface area contributed by atoms with Crippen molar-refractivity contribution in [2.24, 2.45) is 0 Å². The number of anilines is 1. The Morgan fingerprint density at radius 2 is 1.97 bits per heavy atom. The largest absolute Gasteiger partial charge is 0.493 e. The highest BCUT2D eigenvalue weighted by atomic mass is 16.6. The van der Waals surface area contributed by atoms with Gasteiger partial charge < -0.3 is 24.3 Å². The van der Waals surface area contributed by atoms with Gasteiger partial charge in [0.15, 0.2) is 5.82 Å². The Bertz CT molecular complexity index is 1300. The third-order valence-electron chi connectivity index (χ3n) is 6.10. The first-order valence-electron chi connectivity index (χ1n) is 11.7. The van der Waals surface area contributed by atoms with E-state index in [1.807, 2.05) is 50.8 Å². The predicted molar refractivity (Wildman–Crippen MR) is 128 cm³/mol. The summed E-state index contributed by atoms with van der Waals surface area (Å²) < 4.78 is 12.4. The summed E-state index contributed by atoms with van der Waals surface area (Å²) in [5.41, 5.74) is 2.62. The van der Waals surface area contributed by atoms with Crippen molar-refractivity contribution in [2.75, 3.05) is 37.7 Å². The molecule has 2 aliphatic heterocycles. The Balaban J connectivity index is 1.43. The average Bonchev–Trinajstić information content (AvgIpc) is 3.44. The van der Waals surface area contributed by atoms with E-state index in [1.165, 1.54) is 4.52 Å². The fourth-order valence-electron chi connectivity index (χ4n) is 4.43. The first-order valence-corrected chi connectivity index (χ1v) is 11.7. The van der Waals surface area contributed by atoms with Gasteiger partial charge in [-0.15, -0.1) is 5.10 Å². The van der Waals surface area contributed by atoms with E-state index < -0.39 is 5.60 Å². The summed E-state index contributed by atoms with van der Waals surface area (Å²) in [6.07, 6.45) is 1.17. The number of ether oxygens (including phenoxy) is 2. The molecule has 0 saturated carbocycles. The monoisotopic (exact) mass is 466 g/mol. The van der Waals surface area contributed by atoms with E-state index in [-0.39, 0.29) is 11.7 Å². The van der Waals surface area contributed by atoms with Crippen molar-refractivity contribution in [3.63, 3.8) is 0 Å². The number of H-pyrrole nitrogens is 1. The molecule has 1 N–H and O–H groups in total. The summed E-state index contributed by atoms with van der Waals surface area (Å²) in [6, 6.07) is 5.87. The Morgan fingerprint density at radius 3 is 2.68 bits per heavy atom. The van der Waals surface area contributed by atoms with Gasteiger partial charge in [0, 0.05) is 43.9 Å². The van der Waals surface area contributed by atoms with Gasteiger partial charge in [0.05, 0.1) is 6.61 Å². The molecule has 10 nitrogen and oxygen atoms in total. The maximum absolute atomic E-state index is 13.5. The maximum Gasteiger partial charge on any atom is 0.410 e. The number of rotatable bonds is 3. The maximum atomic E-state index is 13.5. The van der Waals surface area contributed by atoms with Crippen LogP contribution in [-0.2, 0) is 17.6 Å². The lowest BCUT2D eigenvalue weighted by atomic mass is 10.1. The molecule has 1 saturated heterocycles. The van der Waals surface area contributed by atoms with E-state index in [1.54, 1.807) is 4.90 Å². The molecule has 2 aliphatic rings. The molecule has 4 heterocycles. The smallest absolute Gasteiger partial charge is 0.410 e. The molecule has 0 radical (unpaired) electrons. The van der Waals surface area contributed by atoms with Gasteiger partial charge in [-0.2, -0.15) is 9.50 Å². The van der Waals surface area contributed by atoms with E-state index in [2.05, 4.69) is 15.1 Å². The fraction of sp³-hybridized carbons (Fsp3) is 0.500. The Hall–Kier alpha value is -3.56. The molecule has 1 aromatic carbocycles. The van der Waals surface area contributed by atoms with Crippen LogP contribution in [0.3, 0.4) is 0 Å². The van der Waals surface area contributed by atoms with Crippen LogP contribution in [0.2, 0.25) is 0 Å². The third kappa shape index (κ3) is 4.08. The van der Waals surface area contributed by atoms with Crippen LogP contribution in [0.25, 0.3) is 17.2 Å². The van der Waals surface area contributed by atoms with Crippen molar-refractivity contribution < 1.29 is 14.3 Å². The second-order valence-electron chi connectivity index (χ2n) is 9.66. The number of hydrogen-bond donors (Lipinski definition) is 1. The zero-order chi connectivity index (χ0) is 24.0. The summed E-state index contributed by atoms with van der Waals surface area (Å²) >= 11 is 0. The Morgan fingerprint density at radius 1 is 1.21 bits per heavy atom. The van der Waals surface area contributed by atoms with Crippen molar-refractivity contribution in [3.05, 3.63) is 39.8 Å². The molecule has 180 valence electrons. The number of amides is 1. The van der Waals surface area contributed by atoms with Crippen molar-refractivity contribution in [2.45, 2.75) is 46.1 Å². The van der Waals surface area contributed by atoms with Gasteiger partial charge in [-0.1, -0.05) is 6.92 Å². The third-order valence-corrected chi connectivity index (χ3v) is 6.10. The number of nitrogens with zero attached hydrogens (tertiary/aromatic N) is 5. The minimum absolute atomic E-state index is 0.209. The number of aromatic amines is 1. The lowest BCUT2D eigenvalue weighted by Gasteiger charge is -2.36. The number of aromatic nitrogens is 4. The molecular formula is C24H30N6O4. The number of piperazine rings is 1. The van der Waals surface area contributed by atoms with Gasteiger partial charge in [-0.25, -0.2) is 4.79 Å². The molecule has 34 heavy (non-hydrogen) atoms. The summed E-state index contributed by atoms with van der Waals surface area (Å²) in [4.78, 5) is 37.5. The van der Waals surface area contributed by atoms with Crippen LogP contribution in [0.5, 0.6) is 5.75 Å². The number of nitrogens with one attached hydrogen (secondary N) is 1. The van der Waals surface area contributed by atoms with Gasteiger partial charge in [0.2, 0.25) is 5.78 Å². The average molecular weight is 467 g/mol. The van der Waals surface area contributed by atoms with E-state index in [0.717, 1.165) is 29.0 Å². The quantitative estimate of drug-likeness (QED) is 0.633. The van der Waals surface area contributed by atoms with Crippen LogP contribution < -0.4 is 15.2 Å². The van der Waals surface area contributed by atoms with Crippen LogP contribution in [0.1, 0.15) is 39.0 Å². The molecule has 0 aliphatic carbocycles. The van der Waals surface area contributed by atoms with Crippen LogP contribution in [0, 0.1) is 0 Å². The topological polar surface area (TPSA) is 105 Å². The first-order chi connectivity index (χ1) is 16.2. The summed E-state index contributed by atoms with van der Waals surface area (Å²) in [5, 5.41) is 4.53. The highest BCUT2D eigenvalue weighted by Gasteiger charge is 2.28. The van der Waals surface area contributed by atoms with Gasteiger partial charge in [0.1, 0.15) is 17.0 Å². The number of carbonyl (C=O) groups is 1. The SMILES string of the molecule is CCc1[nH]c2nc(-c3ccc4c(c3)CCO4)nn2c(=O)c1N1CCN(C(=O)OC(C)(C)C)CC1. The normalized spacial score (nSPS) is 16.0. The van der Waals surface area contributed by atoms with Crippen molar-refractivity contribution >= 4 is 17.6 Å². The van der Waals surface area contributed by atoms with Crippen molar-refractivity contribution in [1.29, 1.82) is 0 Å². The molecular weight excluding hydrogens is 436 g/mol. The highest BCUT2D eigenvalue weighted by molar-refractivity contribution is 5.69. The predicted octanol–water partition coefficient (Wildman–Crippen LogP) is 2.64. The highest BCUT2D eigenvalue weighted by Crippen LogP contribution is 2.29. The molecule has 0 atom stereocenters. The summed E-state index contributed by atoms with van der Waals surface area (Å²) in [6.45, 7) is 10.3. The van der Waals surface area contributed by atoms with Gasteiger partial charge in [-0.05, 0) is 51.0 Å². The van der Waals surface area contributed by atoms with Crippen molar-refractivity contribution in [1.82, 2.24) is 24.5 Å². The standard InChI is InChI=1S/C24H30N6O4/c1-5-17-19(28-9-11-29(12-10-28)23(32)34-24(2,3)4)21(31)30-22(25-17)26-20(27-30)16-6-7-18-15(14-16)8-13-33-18/h6-7,14H,5,8-13H2,1-4H3,(H,25,26,27). The van der Waals surface area contributed by atoms with Gasteiger partial charge in [-0.3, -0.25) is 4.79 Å². The molecule has 1 fully saturated rings. The zero-order valence-corrected chi connectivity index (χ0v) is 20.1. The van der Waals surface area contributed by atoms with E-state index in [0.29, 0.717) is 56.5 Å². The lowest BCUT2D eigenvalue weighted by Crippen LogP contribution is -2.51. The molecule has 10 heteroatoms.